The molecule has 0 fully saturated rings. The number of hydrogen-bond acceptors (Lipinski definition) is 5. The summed E-state index contributed by atoms with van der Waals surface area (Å²) in [5.74, 6) is 1.02. The van der Waals surface area contributed by atoms with Gasteiger partial charge in [-0.25, -0.2) is 0 Å². The van der Waals surface area contributed by atoms with Crippen LogP contribution in [0, 0.1) is 11.3 Å². The van der Waals surface area contributed by atoms with E-state index < -0.39 is 6.10 Å². The van der Waals surface area contributed by atoms with E-state index in [1.54, 1.807) is 18.2 Å². The van der Waals surface area contributed by atoms with Gasteiger partial charge in [-0.2, -0.15) is 5.26 Å². The van der Waals surface area contributed by atoms with Gasteiger partial charge < -0.3 is 19.3 Å². The molecule has 0 amide bonds. The van der Waals surface area contributed by atoms with Gasteiger partial charge in [0.15, 0.2) is 0 Å². The van der Waals surface area contributed by atoms with Crippen LogP contribution in [0.3, 0.4) is 0 Å². The van der Waals surface area contributed by atoms with Gasteiger partial charge in [0, 0.05) is 13.2 Å². The van der Waals surface area contributed by atoms with Crippen molar-refractivity contribution in [3.63, 3.8) is 0 Å². The van der Waals surface area contributed by atoms with Gasteiger partial charge in [0.1, 0.15) is 24.2 Å². The fraction of sp³-hybridized carbons (Fsp3) is 0.417. The lowest BCUT2D eigenvalue weighted by atomic mass is 10.2. The molecule has 0 aliphatic rings. The maximum atomic E-state index is 9.42. The van der Waals surface area contributed by atoms with Crippen molar-refractivity contribution in [2.45, 2.75) is 6.10 Å². The summed E-state index contributed by atoms with van der Waals surface area (Å²) in [5, 5.41) is 18.2. The minimum absolute atomic E-state index is 0.103. The van der Waals surface area contributed by atoms with Crippen molar-refractivity contribution in [1.82, 2.24) is 0 Å². The second kappa shape index (κ2) is 6.74. The summed E-state index contributed by atoms with van der Waals surface area (Å²) in [6, 6.07) is 6.86. The van der Waals surface area contributed by atoms with Crippen molar-refractivity contribution in [2.75, 3.05) is 27.4 Å². The smallest absolute Gasteiger partial charge is 0.124 e. The third kappa shape index (κ3) is 4.31. The normalized spacial score (nSPS) is 11.6. The van der Waals surface area contributed by atoms with Crippen molar-refractivity contribution in [3.05, 3.63) is 23.8 Å². The van der Waals surface area contributed by atoms with Crippen LogP contribution in [0.2, 0.25) is 0 Å². The van der Waals surface area contributed by atoms with E-state index in [-0.39, 0.29) is 13.2 Å². The Labute approximate surface area is 100 Å². The van der Waals surface area contributed by atoms with E-state index in [9.17, 15) is 5.11 Å². The van der Waals surface area contributed by atoms with Crippen molar-refractivity contribution in [2.24, 2.45) is 0 Å². The molecule has 1 atom stereocenters. The molecule has 1 N–H and O–H groups in total. The number of nitriles is 1. The van der Waals surface area contributed by atoms with Crippen LogP contribution < -0.4 is 9.47 Å². The van der Waals surface area contributed by atoms with E-state index in [1.165, 1.54) is 14.2 Å². The third-order valence-corrected chi connectivity index (χ3v) is 2.05. The average Bonchev–Trinajstić information content (AvgIpc) is 2.36. The summed E-state index contributed by atoms with van der Waals surface area (Å²) in [5.41, 5.74) is 0.445. The fourth-order valence-corrected chi connectivity index (χ4v) is 1.27. The minimum atomic E-state index is -0.697. The highest BCUT2D eigenvalue weighted by molar-refractivity contribution is 5.43. The lowest BCUT2D eigenvalue weighted by Gasteiger charge is -2.12. The van der Waals surface area contributed by atoms with Gasteiger partial charge in [0.25, 0.3) is 0 Å². The molecule has 5 heteroatoms. The number of rotatable bonds is 6. The van der Waals surface area contributed by atoms with Crippen LogP contribution in [0.25, 0.3) is 0 Å². The molecule has 1 aromatic carbocycles. The first-order valence-electron chi connectivity index (χ1n) is 5.08. The summed E-state index contributed by atoms with van der Waals surface area (Å²) in [6.07, 6.45) is -0.697. The molecule has 0 saturated heterocycles. The van der Waals surface area contributed by atoms with E-state index in [0.29, 0.717) is 17.1 Å². The van der Waals surface area contributed by atoms with Crippen molar-refractivity contribution >= 4 is 0 Å². The molecule has 0 aliphatic heterocycles. The standard InChI is InChI=1S/C12H15NO4/c1-15-7-10(14)8-17-12-4-9(6-13)3-11(5-12)16-2/h3-5,10,14H,7-8H2,1-2H3. The molecule has 0 heterocycles. The molecule has 0 aliphatic carbocycles. The lowest BCUT2D eigenvalue weighted by molar-refractivity contribution is 0.0325. The third-order valence-electron chi connectivity index (χ3n) is 2.05. The van der Waals surface area contributed by atoms with Gasteiger partial charge >= 0.3 is 0 Å². The Morgan fingerprint density at radius 1 is 1.24 bits per heavy atom. The van der Waals surface area contributed by atoms with Crippen LogP contribution in [-0.4, -0.2) is 38.6 Å². The van der Waals surface area contributed by atoms with E-state index in [4.69, 9.17) is 19.5 Å². The van der Waals surface area contributed by atoms with Crippen LogP contribution in [-0.2, 0) is 4.74 Å². The van der Waals surface area contributed by atoms with Gasteiger partial charge in [-0.15, -0.1) is 0 Å². The second-order valence-electron chi connectivity index (χ2n) is 3.43. The number of ether oxygens (including phenoxy) is 3. The summed E-state index contributed by atoms with van der Waals surface area (Å²) < 4.78 is 15.2. The summed E-state index contributed by atoms with van der Waals surface area (Å²) >= 11 is 0. The van der Waals surface area contributed by atoms with Gasteiger partial charge in [0.05, 0.1) is 25.3 Å². The predicted octanol–water partition coefficient (Wildman–Crippen LogP) is 0.953. The summed E-state index contributed by atoms with van der Waals surface area (Å²) in [6.45, 7) is 0.306. The number of aliphatic hydroxyl groups is 1. The Kier molecular flexibility index (Phi) is 5.27. The number of aliphatic hydroxyl groups excluding tert-OH is 1. The highest BCUT2D eigenvalue weighted by Gasteiger charge is 2.06. The first-order valence-corrected chi connectivity index (χ1v) is 5.08. The molecule has 92 valence electrons. The Morgan fingerprint density at radius 3 is 2.53 bits per heavy atom. The Morgan fingerprint density at radius 2 is 1.94 bits per heavy atom. The lowest BCUT2D eigenvalue weighted by Crippen LogP contribution is -2.22. The zero-order valence-electron chi connectivity index (χ0n) is 9.84. The van der Waals surface area contributed by atoms with Crippen LogP contribution >= 0.6 is 0 Å². The minimum Gasteiger partial charge on any atom is -0.497 e. The average molecular weight is 237 g/mol. The van der Waals surface area contributed by atoms with E-state index in [2.05, 4.69) is 0 Å². The zero-order chi connectivity index (χ0) is 12.7. The van der Waals surface area contributed by atoms with Crippen molar-refractivity contribution in [3.8, 4) is 17.6 Å². The molecular formula is C12H15NO4. The first kappa shape index (κ1) is 13.3. The molecule has 0 radical (unpaired) electrons. The van der Waals surface area contributed by atoms with Crippen molar-refractivity contribution < 1.29 is 19.3 Å². The molecule has 1 aromatic rings. The highest BCUT2D eigenvalue weighted by Crippen LogP contribution is 2.22. The van der Waals surface area contributed by atoms with Gasteiger partial charge in [-0.3, -0.25) is 0 Å². The first-order chi connectivity index (χ1) is 8.19. The van der Waals surface area contributed by atoms with E-state index in [1.807, 2.05) is 6.07 Å². The topological polar surface area (TPSA) is 71.7 Å². The summed E-state index contributed by atoms with van der Waals surface area (Å²) in [4.78, 5) is 0. The van der Waals surface area contributed by atoms with Crippen LogP contribution in [0.4, 0.5) is 0 Å². The Bertz CT molecular complexity index is 400. The quantitative estimate of drug-likeness (QED) is 0.797. The molecule has 0 aromatic heterocycles. The maximum absolute atomic E-state index is 9.42. The number of benzene rings is 1. The molecule has 5 nitrogen and oxygen atoms in total. The highest BCUT2D eigenvalue weighted by atomic mass is 16.5. The molecule has 1 rings (SSSR count). The molecular weight excluding hydrogens is 222 g/mol. The van der Waals surface area contributed by atoms with E-state index >= 15 is 0 Å². The largest absolute Gasteiger partial charge is 0.497 e. The monoisotopic (exact) mass is 237 g/mol. The summed E-state index contributed by atoms with van der Waals surface area (Å²) in [7, 11) is 3.02. The van der Waals surface area contributed by atoms with E-state index in [0.717, 1.165) is 0 Å². The molecule has 0 saturated carbocycles. The maximum Gasteiger partial charge on any atom is 0.124 e. The van der Waals surface area contributed by atoms with Gasteiger partial charge in [0.2, 0.25) is 0 Å². The zero-order valence-corrected chi connectivity index (χ0v) is 9.84. The predicted molar refractivity (Wildman–Crippen MR) is 61.1 cm³/mol. The van der Waals surface area contributed by atoms with Crippen LogP contribution in [0.5, 0.6) is 11.5 Å². The molecule has 0 bridgehead atoms. The Hall–Kier alpha value is -1.77. The molecule has 0 spiro atoms. The fourth-order valence-electron chi connectivity index (χ4n) is 1.27. The Balaban J connectivity index is 2.67. The van der Waals surface area contributed by atoms with Crippen LogP contribution in [0.15, 0.2) is 18.2 Å². The number of hydrogen-bond donors (Lipinski definition) is 1. The number of nitrogens with zero attached hydrogens (tertiary/aromatic N) is 1. The number of methoxy groups -OCH3 is 2. The van der Waals surface area contributed by atoms with Crippen molar-refractivity contribution in [1.29, 1.82) is 5.26 Å². The van der Waals surface area contributed by atoms with Crippen LogP contribution in [0.1, 0.15) is 5.56 Å². The SMILES string of the molecule is COCC(O)COc1cc(C#N)cc(OC)c1. The second-order valence-corrected chi connectivity index (χ2v) is 3.43. The van der Waals surface area contributed by atoms with Gasteiger partial charge in [-0.1, -0.05) is 0 Å². The molecule has 17 heavy (non-hydrogen) atoms. The van der Waals surface area contributed by atoms with Gasteiger partial charge in [-0.05, 0) is 12.1 Å². The molecule has 1 unspecified atom stereocenters.